The maximum Gasteiger partial charge on any atom is 0.147 e. The van der Waals surface area contributed by atoms with Crippen LogP contribution in [0.1, 0.15) is 30.5 Å². The van der Waals surface area contributed by atoms with Crippen LogP contribution < -0.4 is 15.1 Å². The lowest BCUT2D eigenvalue weighted by molar-refractivity contribution is 0.156. The van der Waals surface area contributed by atoms with Gasteiger partial charge in [0.15, 0.2) is 0 Å². The van der Waals surface area contributed by atoms with Crippen LogP contribution in [0.25, 0.3) is 0 Å². The number of pyridine rings is 2. The van der Waals surface area contributed by atoms with Crippen LogP contribution in [0, 0.1) is 0 Å². The zero-order valence-corrected chi connectivity index (χ0v) is 23.5. The number of hydrogen-bond acceptors (Lipinski definition) is 7. The van der Waals surface area contributed by atoms with E-state index in [4.69, 9.17) is 16.6 Å². The summed E-state index contributed by atoms with van der Waals surface area (Å²) in [6.45, 7) is 14.3. The number of likely N-dealkylation sites (N-methyl/N-ethyl adjacent to an activating group) is 1. The minimum atomic E-state index is 0.149. The number of nitrogens with zero attached hydrogens (tertiary/aromatic N) is 6. The SMILES string of the molecule is CN1CCN(CCN2CC(C)(C)c3ccc(Nc4nccc5c4CCN(c4ncccc4Cl)C5)cc32)CC1. The van der Waals surface area contributed by atoms with Gasteiger partial charge in [0, 0.05) is 93.6 Å². The van der Waals surface area contributed by atoms with Gasteiger partial charge in [0.2, 0.25) is 0 Å². The number of benzene rings is 1. The van der Waals surface area contributed by atoms with Crippen molar-refractivity contribution in [1.82, 2.24) is 19.8 Å². The van der Waals surface area contributed by atoms with Gasteiger partial charge in [-0.3, -0.25) is 4.90 Å². The van der Waals surface area contributed by atoms with Crippen LogP contribution in [0.5, 0.6) is 0 Å². The molecule has 200 valence electrons. The van der Waals surface area contributed by atoms with Gasteiger partial charge in [0.05, 0.1) is 5.02 Å². The Labute approximate surface area is 231 Å². The lowest BCUT2D eigenvalue weighted by Gasteiger charge is -2.34. The highest BCUT2D eigenvalue weighted by molar-refractivity contribution is 6.32. The minimum Gasteiger partial charge on any atom is -0.369 e. The van der Waals surface area contributed by atoms with E-state index in [1.807, 2.05) is 18.3 Å². The quantitative estimate of drug-likeness (QED) is 0.491. The molecule has 0 unspecified atom stereocenters. The molecule has 3 aliphatic rings. The Balaban J connectivity index is 1.19. The first-order valence-electron chi connectivity index (χ1n) is 13.8. The highest BCUT2D eigenvalue weighted by atomic mass is 35.5. The van der Waals surface area contributed by atoms with E-state index in [0.717, 1.165) is 82.6 Å². The summed E-state index contributed by atoms with van der Waals surface area (Å²) in [7, 11) is 2.22. The summed E-state index contributed by atoms with van der Waals surface area (Å²) in [5.41, 5.74) is 6.59. The number of hydrogen-bond donors (Lipinski definition) is 1. The normalized spacial score (nSPS) is 19.4. The Hall–Kier alpha value is -2.87. The first kappa shape index (κ1) is 25.4. The lowest BCUT2D eigenvalue weighted by atomic mass is 9.87. The Morgan fingerprint density at radius 1 is 0.974 bits per heavy atom. The molecule has 1 aromatic carbocycles. The van der Waals surface area contributed by atoms with E-state index in [2.05, 4.69) is 75.1 Å². The van der Waals surface area contributed by atoms with Gasteiger partial charge in [0.1, 0.15) is 11.6 Å². The second-order valence-electron chi connectivity index (χ2n) is 11.6. The van der Waals surface area contributed by atoms with E-state index in [1.165, 1.54) is 22.4 Å². The molecule has 8 heteroatoms. The fraction of sp³-hybridized carbons (Fsp3) is 0.467. The molecule has 6 rings (SSSR count). The van der Waals surface area contributed by atoms with Gasteiger partial charge in [-0.05, 0) is 54.9 Å². The van der Waals surface area contributed by atoms with Gasteiger partial charge in [0.25, 0.3) is 0 Å². The molecule has 0 spiro atoms. The number of aromatic nitrogens is 2. The molecule has 38 heavy (non-hydrogen) atoms. The number of nitrogens with one attached hydrogen (secondary N) is 1. The molecule has 1 fully saturated rings. The Kier molecular flexibility index (Phi) is 6.93. The average Bonchev–Trinajstić information content (AvgIpc) is 3.17. The van der Waals surface area contributed by atoms with Crippen LogP contribution in [0.2, 0.25) is 5.02 Å². The van der Waals surface area contributed by atoms with Crippen LogP contribution in [0.15, 0.2) is 48.8 Å². The van der Waals surface area contributed by atoms with Crippen molar-refractivity contribution < 1.29 is 0 Å². The Bertz CT molecular complexity index is 1300. The second-order valence-corrected chi connectivity index (χ2v) is 12.0. The van der Waals surface area contributed by atoms with Crippen LogP contribution in [-0.2, 0) is 18.4 Å². The topological polar surface area (TPSA) is 50.8 Å². The van der Waals surface area contributed by atoms with Crippen molar-refractivity contribution in [1.29, 1.82) is 0 Å². The molecule has 0 aliphatic carbocycles. The summed E-state index contributed by atoms with van der Waals surface area (Å²) < 4.78 is 0. The first-order chi connectivity index (χ1) is 18.4. The van der Waals surface area contributed by atoms with Crippen molar-refractivity contribution in [3.05, 3.63) is 70.5 Å². The first-order valence-corrected chi connectivity index (χ1v) is 14.1. The Morgan fingerprint density at radius 2 is 1.82 bits per heavy atom. The fourth-order valence-corrected chi connectivity index (χ4v) is 6.39. The highest BCUT2D eigenvalue weighted by Gasteiger charge is 2.35. The van der Waals surface area contributed by atoms with Crippen LogP contribution in [0.3, 0.4) is 0 Å². The second kappa shape index (κ2) is 10.4. The van der Waals surface area contributed by atoms with E-state index in [1.54, 1.807) is 6.20 Å². The zero-order valence-electron chi connectivity index (χ0n) is 22.8. The van der Waals surface area contributed by atoms with Crippen molar-refractivity contribution >= 4 is 34.6 Å². The van der Waals surface area contributed by atoms with Crippen molar-refractivity contribution in [3.8, 4) is 0 Å². The molecule has 1 N–H and O–H groups in total. The standard InChI is InChI=1S/C30H38ClN7/c1-30(2)21-38(18-17-36-15-13-35(3)14-16-36)27-19-23(6-7-25(27)30)34-28-24-9-12-37(20-22(24)8-11-32-28)29-26(31)5-4-10-33-29/h4-8,10-11,19H,9,12-18,20-21H2,1-3H3,(H,32,34). The molecule has 0 amide bonds. The van der Waals surface area contributed by atoms with Gasteiger partial charge < -0.3 is 20.0 Å². The van der Waals surface area contributed by atoms with E-state index >= 15 is 0 Å². The highest BCUT2D eigenvalue weighted by Crippen LogP contribution is 2.42. The molecule has 5 heterocycles. The zero-order chi connectivity index (χ0) is 26.3. The van der Waals surface area contributed by atoms with Crippen LogP contribution >= 0.6 is 11.6 Å². The van der Waals surface area contributed by atoms with Crippen molar-refractivity contribution in [3.63, 3.8) is 0 Å². The molecule has 1 saturated heterocycles. The van der Waals surface area contributed by atoms with Crippen molar-refractivity contribution in [2.24, 2.45) is 0 Å². The van der Waals surface area contributed by atoms with E-state index in [0.29, 0.717) is 5.02 Å². The summed E-state index contributed by atoms with van der Waals surface area (Å²) in [5.74, 6) is 1.81. The molecule has 7 nitrogen and oxygen atoms in total. The maximum atomic E-state index is 6.44. The molecule has 0 radical (unpaired) electrons. The summed E-state index contributed by atoms with van der Waals surface area (Å²) in [6.07, 6.45) is 4.61. The summed E-state index contributed by atoms with van der Waals surface area (Å²) in [4.78, 5) is 19.1. The number of halogens is 1. The maximum absolute atomic E-state index is 6.44. The molecular formula is C30H38ClN7. The third-order valence-electron chi connectivity index (χ3n) is 8.38. The predicted octanol–water partition coefficient (Wildman–Crippen LogP) is 4.78. The van der Waals surface area contributed by atoms with E-state index in [-0.39, 0.29) is 5.41 Å². The third-order valence-corrected chi connectivity index (χ3v) is 8.68. The average molecular weight is 532 g/mol. The predicted molar refractivity (Wildman–Crippen MR) is 157 cm³/mol. The summed E-state index contributed by atoms with van der Waals surface area (Å²) in [5, 5.41) is 4.37. The number of piperazine rings is 1. The number of anilines is 4. The number of fused-ring (bicyclic) bond motifs is 2. The van der Waals surface area contributed by atoms with Gasteiger partial charge in [-0.15, -0.1) is 0 Å². The van der Waals surface area contributed by atoms with Crippen LogP contribution in [0.4, 0.5) is 23.0 Å². The van der Waals surface area contributed by atoms with Gasteiger partial charge in [-0.2, -0.15) is 0 Å². The minimum absolute atomic E-state index is 0.149. The molecule has 3 aliphatic heterocycles. The smallest absolute Gasteiger partial charge is 0.147 e. The van der Waals surface area contributed by atoms with E-state index in [9.17, 15) is 0 Å². The fourth-order valence-electron chi connectivity index (χ4n) is 6.15. The molecule has 0 atom stereocenters. The van der Waals surface area contributed by atoms with Gasteiger partial charge >= 0.3 is 0 Å². The summed E-state index contributed by atoms with van der Waals surface area (Å²) in [6, 6.07) is 12.8. The third kappa shape index (κ3) is 5.07. The molecule has 2 aromatic heterocycles. The van der Waals surface area contributed by atoms with Crippen molar-refractivity contribution in [2.75, 3.05) is 74.5 Å². The monoisotopic (exact) mass is 531 g/mol. The Morgan fingerprint density at radius 3 is 2.63 bits per heavy atom. The number of rotatable bonds is 6. The molecule has 0 bridgehead atoms. The van der Waals surface area contributed by atoms with Gasteiger partial charge in [-0.1, -0.05) is 31.5 Å². The van der Waals surface area contributed by atoms with E-state index < -0.39 is 0 Å². The van der Waals surface area contributed by atoms with Crippen molar-refractivity contribution in [2.45, 2.75) is 32.2 Å². The lowest BCUT2D eigenvalue weighted by Crippen LogP contribution is -2.47. The molecule has 3 aromatic rings. The largest absolute Gasteiger partial charge is 0.369 e. The molecular weight excluding hydrogens is 494 g/mol. The van der Waals surface area contributed by atoms with Crippen LogP contribution in [-0.4, -0.2) is 79.2 Å². The molecule has 0 saturated carbocycles. The summed E-state index contributed by atoms with van der Waals surface area (Å²) >= 11 is 6.44. The van der Waals surface area contributed by atoms with Gasteiger partial charge in [-0.25, -0.2) is 9.97 Å².